The molecule has 4 heterocycles. The molecule has 1 N–H and O–H groups in total. The topological polar surface area (TPSA) is 93.4 Å². The lowest BCUT2D eigenvalue weighted by Crippen LogP contribution is -2.65. The highest BCUT2D eigenvalue weighted by atomic mass is 19.1. The molecular formula is C16H18FN5O3. The number of carbonyl (C=O) groups is 1. The highest BCUT2D eigenvalue weighted by Gasteiger charge is 2.47. The minimum Gasteiger partial charge on any atom is -0.371 e. The highest BCUT2D eigenvalue weighted by Crippen LogP contribution is 2.37. The molecule has 2 aliphatic heterocycles. The quantitative estimate of drug-likeness (QED) is 0.882. The number of ether oxygens (including phenoxy) is 1. The second kappa shape index (κ2) is 6.40. The molecule has 9 heteroatoms. The molecule has 25 heavy (non-hydrogen) atoms. The third-order valence-electron chi connectivity index (χ3n) is 4.69. The van der Waals surface area contributed by atoms with Crippen LogP contribution in [0.4, 0.5) is 10.3 Å². The maximum absolute atomic E-state index is 12.9. The molecule has 2 aromatic rings. The first-order valence-corrected chi connectivity index (χ1v) is 8.19. The Morgan fingerprint density at radius 3 is 2.84 bits per heavy atom. The molecule has 2 aliphatic rings. The van der Waals surface area contributed by atoms with E-state index in [0.29, 0.717) is 32.2 Å². The van der Waals surface area contributed by atoms with E-state index in [0.717, 1.165) is 12.8 Å². The van der Waals surface area contributed by atoms with Crippen molar-refractivity contribution in [3.63, 3.8) is 0 Å². The summed E-state index contributed by atoms with van der Waals surface area (Å²) in [6.45, 7) is 2.54. The van der Waals surface area contributed by atoms with Crippen LogP contribution in [0.2, 0.25) is 0 Å². The van der Waals surface area contributed by atoms with Gasteiger partial charge >= 0.3 is 0 Å². The number of amides is 1. The van der Waals surface area contributed by atoms with Gasteiger partial charge in [0.1, 0.15) is 5.60 Å². The standard InChI is InChI=1S/C16H18FN5O3/c17-12-6-19-15(20-7-12)22-9-16(10-22)3-1-11(8-24-16)5-18-14(23)13-2-4-21-25-13/h2,4,6-7,11H,1,3,5,8-10H2,(H,18,23). The molecule has 0 bridgehead atoms. The van der Waals surface area contributed by atoms with E-state index in [2.05, 4.69) is 20.4 Å². The van der Waals surface area contributed by atoms with Crippen molar-refractivity contribution >= 4 is 11.9 Å². The average molecular weight is 347 g/mol. The van der Waals surface area contributed by atoms with Crippen LogP contribution < -0.4 is 10.2 Å². The molecule has 0 radical (unpaired) electrons. The number of hydrogen-bond acceptors (Lipinski definition) is 7. The van der Waals surface area contributed by atoms with Crippen LogP contribution in [0, 0.1) is 11.7 Å². The first kappa shape index (κ1) is 15.9. The number of nitrogens with one attached hydrogen (secondary N) is 1. The van der Waals surface area contributed by atoms with E-state index in [1.165, 1.54) is 24.7 Å². The van der Waals surface area contributed by atoms with Crippen molar-refractivity contribution in [1.82, 2.24) is 20.4 Å². The van der Waals surface area contributed by atoms with Crippen LogP contribution in [0.5, 0.6) is 0 Å². The van der Waals surface area contributed by atoms with Crippen LogP contribution in [0.1, 0.15) is 23.4 Å². The lowest BCUT2D eigenvalue weighted by Gasteiger charge is -2.52. The molecule has 2 aromatic heterocycles. The molecule has 1 amide bonds. The van der Waals surface area contributed by atoms with Gasteiger partial charge in [-0.2, -0.15) is 0 Å². The van der Waals surface area contributed by atoms with Crippen molar-refractivity contribution in [3.05, 3.63) is 36.2 Å². The van der Waals surface area contributed by atoms with Crippen molar-refractivity contribution in [3.8, 4) is 0 Å². The average Bonchev–Trinajstić information content (AvgIpc) is 3.14. The van der Waals surface area contributed by atoms with Gasteiger partial charge in [0.05, 0.1) is 38.3 Å². The number of nitrogens with zero attached hydrogens (tertiary/aromatic N) is 4. The second-order valence-electron chi connectivity index (χ2n) is 6.54. The zero-order valence-corrected chi connectivity index (χ0v) is 13.5. The predicted molar refractivity (Wildman–Crippen MR) is 84.4 cm³/mol. The number of anilines is 1. The van der Waals surface area contributed by atoms with Crippen molar-refractivity contribution in [2.75, 3.05) is 31.1 Å². The van der Waals surface area contributed by atoms with Gasteiger partial charge in [-0.1, -0.05) is 5.16 Å². The summed E-state index contributed by atoms with van der Waals surface area (Å²) in [5.41, 5.74) is -0.177. The molecule has 132 valence electrons. The molecule has 8 nitrogen and oxygen atoms in total. The van der Waals surface area contributed by atoms with Crippen molar-refractivity contribution in [1.29, 1.82) is 0 Å². The van der Waals surface area contributed by atoms with Crippen LogP contribution in [0.25, 0.3) is 0 Å². The van der Waals surface area contributed by atoms with Crippen LogP contribution in [0.15, 0.2) is 29.2 Å². The van der Waals surface area contributed by atoms with Crippen LogP contribution in [0.3, 0.4) is 0 Å². The highest BCUT2D eigenvalue weighted by molar-refractivity contribution is 5.91. The van der Waals surface area contributed by atoms with E-state index in [1.807, 2.05) is 4.90 Å². The Morgan fingerprint density at radius 2 is 2.20 bits per heavy atom. The molecule has 4 rings (SSSR count). The molecule has 1 unspecified atom stereocenters. The second-order valence-corrected chi connectivity index (χ2v) is 6.54. The number of hydrogen-bond donors (Lipinski definition) is 1. The van der Waals surface area contributed by atoms with Crippen molar-refractivity contribution < 1.29 is 18.4 Å². The molecular weight excluding hydrogens is 329 g/mol. The summed E-state index contributed by atoms with van der Waals surface area (Å²) in [6, 6.07) is 1.53. The Hall–Kier alpha value is -2.55. The summed E-state index contributed by atoms with van der Waals surface area (Å²) in [5, 5.41) is 6.36. The Labute approximate surface area is 143 Å². The lowest BCUT2D eigenvalue weighted by molar-refractivity contribution is -0.115. The van der Waals surface area contributed by atoms with E-state index in [9.17, 15) is 9.18 Å². The first-order chi connectivity index (χ1) is 12.1. The zero-order valence-electron chi connectivity index (χ0n) is 13.5. The maximum Gasteiger partial charge on any atom is 0.289 e. The summed E-state index contributed by atoms with van der Waals surface area (Å²) in [7, 11) is 0. The maximum atomic E-state index is 12.9. The molecule has 1 atom stereocenters. The summed E-state index contributed by atoms with van der Waals surface area (Å²) in [4.78, 5) is 21.8. The van der Waals surface area contributed by atoms with Gasteiger partial charge in [0.25, 0.3) is 5.91 Å². The van der Waals surface area contributed by atoms with Gasteiger partial charge in [-0.3, -0.25) is 4.79 Å². The van der Waals surface area contributed by atoms with Crippen molar-refractivity contribution in [2.24, 2.45) is 5.92 Å². The molecule has 2 saturated heterocycles. The van der Waals surface area contributed by atoms with Crippen molar-refractivity contribution in [2.45, 2.75) is 18.4 Å². The number of carbonyl (C=O) groups excluding carboxylic acids is 1. The van der Waals surface area contributed by atoms with Gasteiger partial charge in [0, 0.05) is 12.6 Å². The van der Waals surface area contributed by atoms with Gasteiger partial charge in [-0.05, 0) is 18.8 Å². The third kappa shape index (κ3) is 3.32. The fourth-order valence-electron chi connectivity index (χ4n) is 3.24. The van der Waals surface area contributed by atoms with Crippen LogP contribution in [-0.2, 0) is 4.74 Å². The van der Waals surface area contributed by atoms with Crippen LogP contribution in [-0.4, -0.2) is 52.9 Å². The monoisotopic (exact) mass is 347 g/mol. The molecule has 1 spiro atoms. The summed E-state index contributed by atoms with van der Waals surface area (Å²) >= 11 is 0. The smallest absolute Gasteiger partial charge is 0.289 e. The summed E-state index contributed by atoms with van der Waals surface area (Å²) in [6.07, 6.45) is 5.66. The predicted octanol–water partition coefficient (Wildman–Crippen LogP) is 1.02. The molecule has 2 fully saturated rings. The van der Waals surface area contributed by atoms with E-state index >= 15 is 0 Å². The fourth-order valence-corrected chi connectivity index (χ4v) is 3.24. The Morgan fingerprint density at radius 1 is 1.40 bits per heavy atom. The zero-order chi connectivity index (χ0) is 17.3. The Balaban J connectivity index is 1.23. The Bertz CT molecular complexity index is 721. The minimum atomic E-state index is -0.442. The van der Waals surface area contributed by atoms with E-state index in [4.69, 9.17) is 9.26 Å². The summed E-state index contributed by atoms with van der Waals surface area (Å²) in [5.74, 6) is 0.303. The van der Waals surface area contributed by atoms with Gasteiger partial charge in [-0.25, -0.2) is 14.4 Å². The van der Waals surface area contributed by atoms with Gasteiger partial charge < -0.3 is 19.5 Å². The largest absolute Gasteiger partial charge is 0.371 e. The minimum absolute atomic E-state index is 0.177. The summed E-state index contributed by atoms with van der Waals surface area (Å²) < 4.78 is 23.8. The van der Waals surface area contributed by atoms with E-state index in [1.54, 1.807) is 0 Å². The van der Waals surface area contributed by atoms with E-state index in [-0.39, 0.29) is 23.2 Å². The Kier molecular flexibility index (Phi) is 4.08. The number of halogens is 1. The number of aromatic nitrogens is 3. The molecule has 0 aromatic carbocycles. The van der Waals surface area contributed by atoms with Gasteiger partial charge in [0.2, 0.25) is 11.7 Å². The SMILES string of the molecule is O=C(NCC1CCC2(CN(c3ncc(F)cn3)C2)OC1)c1ccno1. The lowest BCUT2D eigenvalue weighted by atomic mass is 9.83. The van der Waals surface area contributed by atoms with Gasteiger partial charge in [-0.15, -0.1) is 0 Å². The first-order valence-electron chi connectivity index (χ1n) is 8.19. The molecule has 0 aliphatic carbocycles. The normalized spacial score (nSPS) is 21.8. The fraction of sp³-hybridized carbons (Fsp3) is 0.500. The van der Waals surface area contributed by atoms with Crippen LogP contribution >= 0.6 is 0 Å². The van der Waals surface area contributed by atoms with E-state index < -0.39 is 5.82 Å². The number of rotatable bonds is 4. The van der Waals surface area contributed by atoms with Gasteiger partial charge in [0.15, 0.2) is 5.82 Å². The molecule has 0 saturated carbocycles. The third-order valence-corrected chi connectivity index (χ3v) is 4.69.